The summed E-state index contributed by atoms with van der Waals surface area (Å²) in [4.78, 5) is 18.6. The third-order valence-corrected chi connectivity index (χ3v) is 4.71. The minimum absolute atomic E-state index is 0.0891. The highest BCUT2D eigenvalue weighted by molar-refractivity contribution is 5.98. The van der Waals surface area contributed by atoms with Crippen molar-refractivity contribution in [2.24, 2.45) is 0 Å². The number of hydrogen-bond acceptors (Lipinski definition) is 6. The van der Waals surface area contributed by atoms with Crippen LogP contribution in [0.3, 0.4) is 0 Å². The molecule has 0 N–H and O–H groups in total. The van der Waals surface area contributed by atoms with Gasteiger partial charge < -0.3 is 18.9 Å². The maximum atomic E-state index is 13.9. The minimum atomic E-state index is -0.442. The SMILES string of the molecule is COc1ccc(OC)c(N2CC(c3noc(-c4ccccc4F)n3)CC2=O)c1. The number of aromatic nitrogens is 2. The lowest BCUT2D eigenvalue weighted by molar-refractivity contribution is -0.117. The Hall–Kier alpha value is -3.42. The van der Waals surface area contributed by atoms with Gasteiger partial charge in [-0.05, 0) is 24.3 Å². The molecule has 1 amide bonds. The van der Waals surface area contributed by atoms with Crippen LogP contribution in [0.5, 0.6) is 11.5 Å². The molecule has 1 saturated heterocycles. The van der Waals surface area contributed by atoms with Crippen LogP contribution in [0.15, 0.2) is 47.0 Å². The van der Waals surface area contributed by atoms with Gasteiger partial charge >= 0.3 is 0 Å². The number of hydrogen-bond donors (Lipinski definition) is 0. The summed E-state index contributed by atoms with van der Waals surface area (Å²) in [6.07, 6.45) is 0.219. The second kappa shape index (κ2) is 7.30. The zero-order chi connectivity index (χ0) is 19.7. The molecule has 28 heavy (non-hydrogen) atoms. The molecule has 1 aromatic heterocycles. The van der Waals surface area contributed by atoms with Crippen molar-refractivity contribution >= 4 is 11.6 Å². The van der Waals surface area contributed by atoms with Crippen LogP contribution in [0.1, 0.15) is 18.2 Å². The lowest BCUT2D eigenvalue weighted by atomic mass is 10.1. The predicted molar refractivity (Wildman–Crippen MR) is 98.9 cm³/mol. The van der Waals surface area contributed by atoms with Gasteiger partial charge in [-0.1, -0.05) is 17.3 Å². The maximum Gasteiger partial charge on any atom is 0.260 e. The first kappa shape index (κ1) is 18.0. The molecule has 0 radical (unpaired) electrons. The molecule has 7 nitrogen and oxygen atoms in total. The maximum absolute atomic E-state index is 13.9. The lowest BCUT2D eigenvalue weighted by Gasteiger charge is -2.20. The predicted octanol–water partition coefficient (Wildman–Crippen LogP) is 3.41. The topological polar surface area (TPSA) is 77.7 Å². The number of rotatable bonds is 5. The van der Waals surface area contributed by atoms with E-state index < -0.39 is 5.82 Å². The van der Waals surface area contributed by atoms with Crippen molar-refractivity contribution in [3.8, 4) is 23.0 Å². The number of amides is 1. The van der Waals surface area contributed by atoms with E-state index in [-0.39, 0.29) is 29.7 Å². The van der Waals surface area contributed by atoms with Crippen molar-refractivity contribution in [3.05, 3.63) is 54.1 Å². The Kier molecular flexibility index (Phi) is 4.68. The van der Waals surface area contributed by atoms with Crippen LogP contribution in [0.4, 0.5) is 10.1 Å². The van der Waals surface area contributed by atoms with Gasteiger partial charge in [0.05, 0.1) is 25.5 Å². The average Bonchev–Trinajstić information content (AvgIpc) is 3.34. The summed E-state index contributed by atoms with van der Waals surface area (Å²) < 4.78 is 29.8. The van der Waals surface area contributed by atoms with Gasteiger partial charge in [0.2, 0.25) is 5.91 Å². The van der Waals surface area contributed by atoms with Crippen LogP contribution >= 0.6 is 0 Å². The Morgan fingerprint density at radius 1 is 1.18 bits per heavy atom. The number of anilines is 1. The Morgan fingerprint density at radius 2 is 2.00 bits per heavy atom. The highest BCUT2D eigenvalue weighted by Gasteiger charge is 2.36. The molecular weight excluding hydrogens is 365 g/mol. The Labute approximate surface area is 160 Å². The molecule has 1 aliphatic rings. The van der Waals surface area contributed by atoms with E-state index in [9.17, 15) is 9.18 Å². The third kappa shape index (κ3) is 3.17. The zero-order valence-electron chi connectivity index (χ0n) is 15.4. The highest BCUT2D eigenvalue weighted by atomic mass is 19.1. The van der Waals surface area contributed by atoms with Crippen LogP contribution in [0.25, 0.3) is 11.5 Å². The van der Waals surface area contributed by atoms with Crippen molar-refractivity contribution in [3.63, 3.8) is 0 Å². The summed E-state index contributed by atoms with van der Waals surface area (Å²) >= 11 is 0. The van der Waals surface area contributed by atoms with Gasteiger partial charge in [0.15, 0.2) is 5.82 Å². The van der Waals surface area contributed by atoms with E-state index in [2.05, 4.69) is 10.1 Å². The summed E-state index contributed by atoms with van der Waals surface area (Å²) in [6.45, 7) is 0.360. The molecule has 3 aromatic rings. The van der Waals surface area contributed by atoms with Crippen molar-refractivity contribution in [1.29, 1.82) is 0 Å². The molecule has 0 saturated carbocycles. The summed E-state index contributed by atoms with van der Waals surface area (Å²) in [5, 5.41) is 3.97. The van der Waals surface area contributed by atoms with E-state index in [0.29, 0.717) is 29.6 Å². The van der Waals surface area contributed by atoms with E-state index in [0.717, 1.165) is 0 Å². The second-order valence-corrected chi connectivity index (χ2v) is 6.38. The van der Waals surface area contributed by atoms with Gasteiger partial charge in [-0.2, -0.15) is 4.98 Å². The van der Waals surface area contributed by atoms with E-state index in [1.54, 1.807) is 55.5 Å². The quantitative estimate of drug-likeness (QED) is 0.672. The van der Waals surface area contributed by atoms with Gasteiger partial charge in [0.1, 0.15) is 17.3 Å². The highest BCUT2D eigenvalue weighted by Crippen LogP contribution is 2.38. The third-order valence-electron chi connectivity index (χ3n) is 4.71. The van der Waals surface area contributed by atoms with Crippen LogP contribution in [-0.2, 0) is 4.79 Å². The largest absolute Gasteiger partial charge is 0.497 e. The number of methoxy groups -OCH3 is 2. The van der Waals surface area contributed by atoms with E-state index >= 15 is 0 Å². The lowest BCUT2D eigenvalue weighted by Crippen LogP contribution is -2.25. The normalized spacial score (nSPS) is 16.5. The molecule has 0 spiro atoms. The molecule has 144 valence electrons. The molecule has 1 atom stereocenters. The number of ether oxygens (including phenoxy) is 2. The van der Waals surface area contributed by atoms with Crippen LogP contribution in [0.2, 0.25) is 0 Å². The average molecular weight is 383 g/mol. The first-order valence-corrected chi connectivity index (χ1v) is 8.71. The molecule has 1 fully saturated rings. The van der Waals surface area contributed by atoms with Gasteiger partial charge in [0, 0.05) is 24.9 Å². The number of carbonyl (C=O) groups is 1. The van der Waals surface area contributed by atoms with Crippen LogP contribution < -0.4 is 14.4 Å². The Bertz CT molecular complexity index is 1020. The molecular formula is C20H18FN3O4. The molecule has 4 rings (SSSR count). The van der Waals surface area contributed by atoms with Crippen molar-refractivity contribution in [1.82, 2.24) is 10.1 Å². The van der Waals surface area contributed by atoms with Gasteiger partial charge in [0.25, 0.3) is 5.89 Å². The van der Waals surface area contributed by atoms with Crippen LogP contribution in [0, 0.1) is 5.82 Å². The zero-order valence-corrected chi connectivity index (χ0v) is 15.4. The van der Waals surface area contributed by atoms with E-state index in [1.807, 2.05) is 0 Å². The van der Waals surface area contributed by atoms with Crippen molar-refractivity contribution in [2.45, 2.75) is 12.3 Å². The molecule has 2 aromatic carbocycles. The molecule has 1 aliphatic heterocycles. The molecule has 8 heteroatoms. The molecule has 0 aliphatic carbocycles. The molecule has 2 heterocycles. The molecule has 0 bridgehead atoms. The second-order valence-electron chi connectivity index (χ2n) is 6.38. The monoisotopic (exact) mass is 383 g/mol. The number of benzene rings is 2. The number of halogens is 1. The van der Waals surface area contributed by atoms with Gasteiger partial charge in [-0.15, -0.1) is 0 Å². The van der Waals surface area contributed by atoms with Crippen LogP contribution in [-0.4, -0.2) is 36.8 Å². The van der Waals surface area contributed by atoms with Gasteiger partial charge in [-0.25, -0.2) is 4.39 Å². The number of carbonyl (C=O) groups excluding carboxylic acids is 1. The minimum Gasteiger partial charge on any atom is -0.497 e. The fraction of sp³-hybridized carbons (Fsp3) is 0.250. The van der Waals surface area contributed by atoms with Crippen molar-refractivity contribution < 1.29 is 23.2 Å². The van der Waals surface area contributed by atoms with E-state index in [4.69, 9.17) is 14.0 Å². The summed E-state index contributed by atoms with van der Waals surface area (Å²) in [6, 6.07) is 11.4. The first-order chi connectivity index (χ1) is 13.6. The number of nitrogens with zero attached hydrogens (tertiary/aromatic N) is 3. The molecule has 1 unspecified atom stereocenters. The standard InChI is InChI=1S/C20H18FN3O4/c1-26-13-7-8-17(27-2)16(10-13)24-11-12(9-18(24)25)19-22-20(28-23-19)14-5-3-4-6-15(14)21/h3-8,10,12H,9,11H2,1-2H3. The van der Waals surface area contributed by atoms with Gasteiger partial charge in [-0.3, -0.25) is 4.79 Å². The first-order valence-electron chi connectivity index (χ1n) is 8.71. The fourth-order valence-electron chi connectivity index (χ4n) is 3.27. The Balaban J connectivity index is 1.60. The summed E-state index contributed by atoms with van der Waals surface area (Å²) in [5.74, 6) is 0.849. The van der Waals surface area contributed by atoms with Crippen molar-refractivity contribution in [2.75, 3.05) is 25.7 Å². The summed E-state index contributed by atoms with van der Waals surface area (Å²) in [7, 11) is 3.10. The van der Waals surface area contributed by atoms with E-state index in [1.165, 1.54) is 6.07 Å². The smallest absolute Gasteiger partial charge is 0.260 e. The Morgan fingerprint density at radius 3 is 2.75 bits per heavy atom. The summed E-state index contributed by atoms with van der Waals surface area (Å²) in [5.41, 5.74) is 0.851. The fourth-order valence-corrected chi connectivity index (χ4v) is 3.27.